The molecule has 0 fully saturated rings. The van der Waals surface area contributed by atoms with Crippen LogP contribution in [0.4, 0.5) is 9.39 Å². The minimum Gasteiger partial charge on any atom is -0.290 e. The van der Waals surface area contributed by atoms with Gasteiger partial charge in [-0.15, -0.1) is 6.42 Å². The highest BCUT2D eigenvalue weighted by molar-refractivity contribution is 7.98. The predicted molar refractivity (Wildman–Crippen MR) is 94.2 cm³/mol. The lowest BCUT2D eigenvalue weighted by Gasteiger charge is -2.18. The van der Waals surface area contributed by atoms with E-state index < -0.39 is 5.82 Å². The van der Waals surface area contributed by atoms with Crippen molar-refractivity contribution < 1.29 is 9.18 Å². The first-order chi connectivity index (χ1) is 11.1. The molecular formula is C16H16FN3OS2. The Balaban J connectivity index is 2.34. The fraction of sp³-hybridized carbons (Fsp3) is 0.312. The van der Waals surface area contributed by atoms with E-state index in [2.05, 4.69) is 15.9 Å². The van der Waals surface area contributed by atoms with Crippen molar-refractivity contribution in [3.05, 3.63) is 30.0 Å². The fourth-order valence-corrected chi connectivity index (χ4v) is 3.42. The number of hydrogen-bond acceptors (Lipinski definition) is 5. The molecule has 4 nitrogen and oxygen atoms in total. The van der Waals surface area contributed by atoms with Crippen molar-refractivity contribution in [3.63, 3.8) is 0 Å². The third kappa shape index (κ3) is 4.30. The lowest BCUT2D eigenvalue weighted by atomic mass is 10.3. The molecule has 120 valence electrons. The van der Waals surface area contributed by atoms with Crippen LogP contribution < -0.4 is 4.90 Å². The number of thioether (sulfide) groups is 1. The zero-order chi connectivity index (χ0) is 16.8. The second-order valence-corrected chi connectivity index (χ2v) is 6.69. The first-order valence-corrected chi connectivity index (χ1v) is 9.09. The molecule has 0 aliphatic rings. The molecule has 0 aromatic carbocycles. The van der Waals surface area contributed by atoms with E-state index >= 15 is 0 Å². The van der Waals surface area contributed by atoms with Crippen molar-refractivity contribution >= 4 is 34.0 Å². The molecule has 0 N–H and O–H groups in total. The number of halogens is 1. The van der Waals surface area contributed by atoms with E-state index in [1.54, 1.807) is 22.9 Å². The summed E-state index contributed by atoms with van der Waals surface area (Å²) in [7, 11) is 0. The Bertz CT molecular complexity index is 739. The molecule has 2 aromatic rings. The van der Waals surface area contributed by atoms with Crippen LogP contribution in [0.15, 0.2) is 18.5 Å². The summed E-state index contributed by atoms with van der Waals surface area (Å²) in [5.41, 5.74) is 1.28. The van der Waals surface area contributed by atoms with Crippen LogP contribution in [0.1, 0.15) is 12.1 Å². The summed E-state index contributed by atoms with van der Waals surface area (Å²) in [5.74, 6) is 2.79. The number of anilines is 1. The van der Waals surface area contributed by atoms with Gasteiger partial charge in [0.15, 0.2) is 0 Å². The fourth-order valence-electron chi connectivity index (χ4n) is 1.98. The number of hydrogen-bond donors (Lipinski definition) is 0. The van der Waals surface area contributed by atoms with Crippen LogP contribution in [0.2, 0.25) is 0 Å². The number of amides is 1. The summed E-state index contributed by atoms with van der Waals surface area (Å²) in [6, 6.07) is 1.37. The van der Waals surface area contributed by atoms with E-state index in [-0.39, 0.29) is 12.5 Å². The largest absolute Gasteiger partial charge is 0.290 e. The van der Waals surface area contributed by atoms with Crippen LogP contribution >= 0.6 is 23.1 Å². The Morgan fingerprint density at radius 2 is 2.30 bits per heavy atom. The summed E-state index contributed by atoms with van der Waals surface area (Å²) < 4.78 is 13.3. The third-order valence-electron chi connectivity index (χ3n) is 3.04. The van der Waals surface area contributed by atoms with E-state index in [1.807, 2.05) is 13.2 Å². The Morgan fingerprint density at radius 3 is 2.96 bits per heavy atom. The Morgan fingerprint density at radius 1 is 1.52 bits per heavy atom. The smallest absolute Gasteiger partial charge is 0.229 e. The van der Waals surface area contributed by atoms with Crippen LogP contribution in [0.25, 0.3) is 10.6 Å². The number of aromatic nitrogens is 2. The van der Waals surface area contributed by atoms with Crippen molar-refractivity contribution in [1.29, 1.82) is 0 Å². The molecule has 23 heavy (non-hydrogen) atoms. The highest BCUT2D eigenvalue weighted by Gasteiger charge is 2.21. The Kier molecular flexibility index (Phi) is 6.13. The molecule has 0 aliphatic heterocycles. The second-order valence-electron chi connectivity index (χ2n) is 4.73. The zero-order valence-corrected chi connectivity index (χ0v) is 14.5. The number of pyridine rings is 1. The highest BCUT2D eigenvalue weighted by Crippen LogP contribution is 2.34. The number of nitrogens with zero attached hydrogens (tertiary/aromatic N) is 3. The Labute approximate surface area is 143 Å². The molecule has 0 saturated heterocycles. The van der Waals surface area contributed by atoms with Crippen LogP contribution in [-0.4, -0.2) is 34.4 Å². The molecule has 0 unspecified atom stereocenters. The van der Waals surface area contributed by atoms with Gasteiger partial charge in [-0.1, -0.05) is 17.3 Å². The number of aryl methyl sites for hydroxylation is 1. The molecule has 2 rings (SSSR count). The summed E-state index contributed by atoms with van der Waals surface area (Å²) in [5, 5.41) is 1.32. The molecule has 2 heterocycles. The van der Waals surface area contributed by atoms with Gasteiger partial charge in [0.05, 0.1) is 18.4 Å². The van der Waals surface area contributed by atoms with Gasteiger partial charge in [0.1, 0.15) is 15.8 Å². The van der Waals surface area contributed by atoms with E-state index in [1.165, 1.54) is 17.4 Å². The summed E-state index contributed by atoms with van der Waals surface area (Å²) in [4.78, 5) is 22.2. The summed E-state index contributed by atoms with van der Waals surface area (Å²) in [6.07, 6.45) is 10.4. The highest BCUT2D eigenvalue weighted by atomic mass is 32.2. The van der Waals surface area contributed by atoms with E-state index in [0.717, 1.165) is 11.9 Å². The number of carbonyl (C=O) groups is 1. The maximum atomic E-state index is 13.3. The molecule has 7 heteroatoms. The lowest BCUT2D eigenvalue weighted by molar-refractivity contribution is -0.118. The number of rotatable bonds is 6. The van der Waals surface area contributed by atoms with E-state index in [4.69, 9.17) is 6.42 Å². The Hall–Kier alpha value is -1.91. The van der Waals surface area contributed by atoms with Crippen LogP contribution in [0, 0.1) is 25.1 Å². The molecule has 0 saturated carbocycles. The van der Waals surface area contributed by atoms with Gasteiger partial charge in [0, 0.05) is 23.9 Å². The maximum Gasteiger partial charge on any atom is 0.229 e. The summed E-state index contributed by atoms with van der Waals surface area (Å²) >= 11 is 2.92. The zero-order valence-electron chi connectivity index (χ0n) is 12.9. The molecule has 0 aliphatic carbocycles. The molecular weight excluding hydrogens is 333 g/mol. The van der Waals surface area contributed by atoms with Crippen molar-refractivity contribution in [1.82, 2.24) is 9.97 Å². The van der Waals surface area contributed by atoms with Gasteiger partial charge in [0.2, 0.25) is 5.91 Å². The molecule has 0 bridgehead atoms. The summed E-state index contributed by atoms with van der Waals surface area (Å²) in [6.45, 7) is 2.00. The normalized spacial score (nSPS) is 10.3. The minimum atomic E-state index is -0.423. The molecule has 2 aromatic heterocycles. The first-order valence-electron chi connectivity index (χ1n) is 6.88. The number of thiazole rings is 1. The topological polar surface area (TPSA) is 46.1 Å². The van der Waals surface area contributed by atoms with Gasteiger partial charge in [0.25, 0.3) is 0 Å². The molecule has 0 radical (unpaired) electrons. The monoisotopic (exact) mass is 349 g/mol. The van der Waals surface area contributed by atoms with Gasteiger partial charge >= 0.3 is 0 Å². The quantitative estimate of drug-likeness (QED) is 0.750. The van der Waals surface area contributed by atoms with Crippen LogP contribution in [0.3, 0.4) is 0 Å². The molecule has 0 atom stereocenters. The van der Waals surface area contributed by atoms with Crippen LogP contribution in [-0.2, 0) is 4.79 Å². The molecule has 1 amide bonds. The minimum absolute atomic E-state index is 0.0343. The van der Waals surface area contributed by atoms with Gasteiger partial charge in [-0.05, 0) is 19.2 Å². The lowest BCUT2D eigenvalue weighted by Crippen LogP contribution is -2.31. The predicted octanol–water partition coefficient (Wildman–Crippen LogP) is 3.37. The average molecular weight is 349 g/mol. The number of carbonyl (C=O) groups excluding carboxylic acids is 1. The van der Waals surface area contributed by atoms with Gasteiger partial charge in [-0.3, -0.25) is 14.7 Å². The standard InChI is InChI=1S/C16H16FN3OS2/c1-4-6-20(14(21)5-7-22-3)16-11(2)19-15(23-16)12-8-13(17)10-18-9-12/h1,8-10H,5-7H2,2-3H3. The van der Waals surface area contributed by atoms with Crippen molar-refractivity contribution in [2.24, 2.45) is 0 Å². The van der Waals surface area contributed by atoms with Crippen LogP contribution in [0.5, 0.6) is 0 Å². The van der Waals surface area contributed by atoms with Gasteiger partial charge in [-0.2, -0.15) is 11.8 Å². The van der Waals surface area contributed by atoms with Crippen molar-refractivity contribution in [2.45, 2.75) is 13.3 Å². The van der Waals surface area contributed by atoms with Crippen molar-refractivity contribution in [2.75, 3.05) is 23.5 Å². The van der Waals surface area contributed by atoms with E-state index in [9.17, 15) is 9.18 Å². The first kappa shape index (κ1) is 17.4. The maximum absolute atomic E-state index is 13.3. The van der Waals surface area contributed by atoms with Gasteiger partial charge in [-0.25, -0.2) is 9.37 Å². The van der Waals surface area contributed by atoms with E-state index in [0.29, 0.717) is 27.7 Å². The van der Waals surface area contributed by atoms with Crippen molar-refractivity contribution in [3.8, 4) is 22.9 Å². The number of terminal acetylenes is 1. The van der Waals surface area contributed by atoms with Gasteiger partial charge < -0.3 is 0 Å². The second kappa shape index (κ2) is 8.09. The molecule has 0 spiro atoms. The third-order valence-corrected chi connectivity index (χ3v) is 4.88. The average Bonchev–Trinajstić information content (AvgIpc) is 2.92. The SMILES string of the molecule is C#CCN(C(=O)CCSC)c1sc(-c2cncc(F)c2)nc1C.